The highest BCUT2D eigenvalue weighted by Crippen LogP contribution is 2.31. The van der Waals surface area contributed by atoms with Crippen LogP contribution in [0.2, 0.25) is 0 Å². The third kappa shape index (κ3) is 6.18. The lowest BCUT2D eigenvalue weighted by Crippen LogP contribution is -2.46. The highest BCUT2D eigenvalue weighted by Gasteiger charge is 2.36. The normalized spacial score (nSPS) is 20.5. The van der Waals surface area contributed by atoms with E-state index in [-0.39, 0.29) is 31.1 Å². The number of hydrogen-bond acceptors (Lipinski definition) is 6. The van der Waals surface area contributed by atoms with E-state index in [9.17, 15) is 19.1 Å². The maximum Gasteiger partial charge on any atom is 0.274 e. The van der Waals surface area contributed by atoms with Gasteiger partial charge in [0.2, 0.25) is 6.23 Å². The molecule has 3 N–H and O–H groups in total. The number of amides is 2. The number of halogens is 1. The Morgan fingerprint density at radius 2 is 1.97 bits per heavy atom. The summed E-state index contributed by atoms with van der Waals surface area (Å²) in [5, 5.41) is 16.2. The first-order valence-corrected chi connectivity index (χ1v) is 12.6. The van der Waals surface area contributed by atoms with Gasteiger partial charge in [-0.15, -0.1) is 0 Å². The summed E-state index contributed by atoms with van der Waals surface area (Å²) >= 11 is 0. The molecule has 0 aliphatic carbocycles. The zero-order chi connectivity index (χ0) is 26.7. The van der Waals surface area contributed by atoms with Crippen LogP contribution in [0.4, 0.5) is 10.1 Å². The Bertz CT molecular complexity index is 1180. The highest BCUT2D eigenvalue weighted by atomic mass is 19.1. The first-order chi connectivity index (χ1) is 17.7. The van der Waals surface area contributed by atoms with Crippen LogP contribution in [0.3, 0.4) is 0 Å². The number of nitrogens with one attached hydrogen (secondary N) is 2. The van der Waals surface area contributed by atoms with Crippen molar-refractivity contribution in [2.24, 2.45) is 0 Å². The summed E-state index contributed by atoms with van der Waals surface area (Å²) in [7, 11) is 0. The molecule has 2 heterocycles. The van der Waals surface area contributed by atoms with Crippen LogP contribution in [0.1, 0.15) is 54.2 Å². The summed E-state index contributed by atoms with van der Waals surface area (Å²) in [6.45, 7) is 12.2. The van der Waals surface area contributed by atoms with Crippen LogP contribution in [0, 0.1) is 5.82 Å². The Hall–Kier alpha value is -3.27. The number of aliphatic hydroxyl groups is 1. The van der Waals surface area contributed by atoms with Gasteiger partial charge in [-0.1, -0.05) is 31.7 Å². The van der Waals surface area contributed by atoms with Gasteiger partial charge in [0.25, 0.3) is 11.8 Å². The standard InChI is InChI=1S/C28H35FN4O4/c1-5-17(2)31-26(34)28(36)33-16-23-22(27(33)35)7-6-8-25(23)30-12-21-10-9-20(11-24(21)29)15-32-13-18(3)37-19(4)14-32/h6-11,18-19,28,30,36H,2,5,12-16H2,1,3-4H3,(H,31,34). The first-order valence-electron chi connectivity index (χ1n) is 12.6. The quantitative estimate of drug-likeness (QED) is 0.479. The Kier molecular flexibility index (Phi) is 8.26. The van der Waals surface area contributed by atoms with Crippen molar-refractivity contribution in [2.45, 2.75) is 65.3 Å². The average Bonchev–Trinajstić information content (AvgIpc) is 3.19. The molecule has 1 fully saturated rings. The Morgan fingerprint density at radius 1 is 1.24 bits per heavy atom. The van der Waals surface area contributed by atoms with Crippen LogP contribution in [0.5, 0.6) is 0 Å². The minimum Gasteiger partial charge on any atom is -0.381 e. The number of carbonyl (C=O) groups excluding carboxylic acids is 2. The molecule has 0 saturated carbocycles. The van der Waals surface area contributed by atoms with Gasteiger partial charge in [-0.2, -0.15) is 0 Å². The van der Waals surface area contributed by atoms with Gasteiger partial charge in [0.05, 0.1) is 18.8 Å². The SMILES string of the molecule is C=C(CC)NC(=O)C(O)N1Cc2c(NCc3ccc(CN4CC(C)OC(C)C4)cc3F)cccc2C1=O. The van der Waals surface area contributed by atoms with Gasteiger partial charge in [-0.05, 0) is 44.0 Å². The molecule has 0 radical (unpaired) electrons. The predicted molar refractivity (Wildman–Crippen MR) is 139 cm³/mol. The van der Waals surface area contributed by atoms with Crippen molar-refractivity contribution in [3.05, 3.63) is 76.7 Å². The number of ether oxygens (including phenoxy) is 1. The van der Waals surface area contributed by atoms with Crippen molar-refractivity contribution < 1.29 is 23.8 Å². The molecule has 2 amide bonds. The molecular weight excluding hydrogens is 475 g/mol. The van der Waals surface area contributed by atoms with Crippen molar-refractivity contribution in [2.75, 3.05) is 18.4 Å². The zero-order valence-corrected chi connectivity index (χ0v) is 21.6. The van der Waals surface area contributed by atoms with Crippen molar-refractivity contribution >= 4 is 17.5 Å². The molecular formula is C28H35FN4O4. The van der Waals surface area contributed by atoms with Crippen LogP contribution >= 0.6 is 0 Å². The van der Waals surface area contributed by atoms with E-state index in [0.29, 0.717) is 41.0 Å². The van der Waals surface area contributed by atoms with Gasteiger partial charge in [0, 0.05) is 54.3 Å². The summed E-state index contributed by atoms with van der Waals surface area (Å²) < 4.78 is 20.7. The van der Waals surface area contributed by atoms with E-state index in [4.69, 9.17) is 4.74 Å². The number of morpholine rings is 1. The number of nitrogens with zero attached hydrogens (tertiary/aromatic N) is 2. The van der Waals surface area contributed by atoms with E-state index in [1.807, 2.05) is 26.8 Å². The molecule has 4 rings (SSSR count). The number of carbonyl (C=O) groups is 2. The monoisotopic (exact) mass is 510 g/mol. The van der Waals surface area contributed by atoms with Crippen molar-refractivity contribution in [3.8, 4) is 0 Å². The third-order valence-corrected chi connectivity index (χ3v) is 6.74. The summed E-state index contributed by atoms with van der Waals surface area (Å²) in [4.78, 5) is 28.6. The van der Waals surface area contributed by atoms with E-state index < -0.39 is 18.0 Å². The fourth-order valence-corrected chi connectivity index (χ4v) is 4.88. The third-order valence-electron chi connectivity index (χ3n) is 6.74. The van der Waals surface area contributed by atoms with Gasteiger partial charge in [-0.25, -0.2) is 4.39 Å². The molecule has 2 aliphatic heterocycles. The van der Waals surface area contributed by atoms with Gasteiger partial charge < -0.3 is 25.4 Å². The molecule has 3 atom stereocenters. The minimum atomic E-state index is -1.64. The maximum absolute atomic E-state index is 15.0. The number of benzene rings is 2. The predicted octanol–water partition coefficient (Wildman–Crippen LogP) is 3.36. The molecule has 0 bridgehead atoms. The molecule has 8 nitrogen and oxygen atoms in total. The topological polar surface area (TPSA) is 94.1 Å². The van der Waals surface area contributed by atoms with Crippen molar-refractivity contribution in [3.63, 3.8) is 0 Å². The Labute approximate surface area is 217 Å². The van der Waals surface area contributed by atoms with E-state index in [1.165, 1.54) is 0 Å². The fourth-order valence-electron chi connectivity index (χ4n) is 4.88. The maximum atomic E-state index is 15.0. The molecule has 1 saturated heterocycles. The van der Waals surface area contributed by atoms with Crippen LogP contribution in [0.25, 0.3) is 0 Å². The summed E-state index contributed by atoms with van der Waals surface area (Å²) in [5.41, 5.74) is 3.57. The summed E-state index contributed by atoms with van der Waals surface area (Å²) in [6, 6.07) is 10.5. The van der Waals surface area contributed by atoms with Gasteiger partial charge >= 0.3 is 0 Å². The zero-order valence-electron chi connectivity index (χ0n) is 21.6. The number of anilines is 1. The fraction of sp³-hybridized carbons (Fsp3) is 0.429. The van der Waals surface area contributed by atoms with Gasteiger partial charge in [0.15, 0.2) is 0 Å². The van der Waals surface area contributed by atoms with E-state index in [2.05, 4.69) is 22.1 Å². The molecule has 0 spiro atoms. The smallest absolute Gasteiger partial charge is 0.274 e. The first kappa shape index (κ1) is 26.8. The molecule has 3 unspecified atom stereocenters. The number of fused-ring (bicyclic) bond motifs is 1. The molecule has 9 heteroatoms. The van der Waals surface area contributed by atoms with Crippen LogP contribution in [-0.2, 0) is 29.2 Å². The number of aliphatic hydroxyl groups excluding tert-OH is 1. The number of allylic oxidation sites excluding steroid dienone is 1. The molecule has 2 aromatic rings. The average molecular weight is 511 g/mol. The Balaban J connectivity index is 1.41. The Morgan fingerprint density at radius 3 is 2.65 bits per heavy atom. The van der Waals surface area contributed by atoms with Crippen LogP contribution < -0.4 is 10.6 Å². The second-order valence-corrected chi connectivity index (χ2v) is 9.82. The van der Waals surface area contributed by atoms with E-state index >= 15 is 0 Å². The lowest BCUT2D eigenvalue weighted by Gasteiger charge is -2.35. The highest BCUT2D eigenvalue weighted by molar-refractivity contribution is 6.02. The van der Waals surface area contributed by atoms with E-state index in [0.717, 1.165) is 23.6 Å². The van der Waals surface area contributed by atoms with Crippen molar-refractivity contribution in [1.29, 1.82) is 0 Å². The minimum absolute atomic E-state index is 0.0579. The molecule has 37 heavy (non-hydrogen) atoms. The second-order valence-electron chi connectivity index (χ2n) is 9.82. The van der Waals surface area contributed by atoms with Crippen LogP contribution in [0.15, 0.2) is 48.7 Å². The van der Waals surface area contributed by atoms with E-state index in [1.54, 1.807) is 30.3 Å². The van der Waals surface area contributed by atoms with Gasteiger partial charge in [-0.3, -0.25) is 14.5 Å². The van der Waals surface area contributed by atoms with Crippen LogP contribution in [-0.4, -0.2) is 58.2 Å². The second kappa shape index (κ2) is 11.4. The molecule has 0 aromatic heterocycles. The lowest BCUT2D eigenvalue weighted by molar-refractivity contribution is -0.136. The van der Waals surface area contributed by atoms with Crippen molar-refractivity contribution in [1.82, 2.24) is 15.1 Å². The number of hydrogen-bond donors (Lipinski definition) is 3. The molecule has 2 aromatic carbocycles. The summed E-state index contributed by atoms with van der Waals surface area (Å²) in [6.07, 6.45) is -0.819. The lowest BCUT2D eigenvalue weighted by atomic mass is 10.1. The summed E-state index contributed by atoms with van der Waals surface area (Å²) in [5.74, 6) is -1.44. The molecule has 2 aliphatic rings. The largest absolute Gasteiger partial charge is 0.381 e. The van der Waals surface area contributed by atoms with Gasteiger partial charge in [0.1, 0.15) is 5.82 Å². The molecule has 198 valence electrons. The number of rotatable bonds is 9.